The SMILES string of the molecule is CN(C)c1nccc(N(C)CCOCCN)n1. The molecule has 0 spiro atoms. The number of aromatic nitrogens is 2. The number of ether oxygens (including phenoxy) is 1. The fraction of sp³-hybridized carbons (Fsp3) is 0.636. The summed E-state index contributed by atoms with van der Waals surface area (Å²) in [6, 6.07) is 1.88. The van der Waals surface area contributed by atoms with Crippen molar-refractivity contribution in [2.45, 2.75) is 0 Å². The average molecular weight is 239 g/mol. The van der Waals surface area contributed by atoms with Gasteiger partial charge in [0, 0.05) is 40.4 Å². The van der Waals surface area contributed by atoms with Crippen LogP contribution in [0, 0.1) is 0 Å². The van der Waals surface area contributed by atoms with Crippen molar-refractivity contribution in [3.8, 4) is 0 Å². The van der Waals surface area contributed by atoms with E-state index in [0.29, 0.717) is 25.7 Å². The van der Waals surface area contributed by atoms with Crippen LogP contribution >= 0.6 is 0 Å². The van der Waals surface area contributed by atoms with Crippen LogP contribution in [0.4, 0.5) is 11.8 Å². The van der Waals surface area contributed by atoms with Gasteiger partial charge in [-0.3, -0.25) is 0 Å². The Hall–Kier alpha value is -1.40. The Morgan fingerprint density at radius 3 is 2.71 bits per heavy atom. The molecule has 96 valence electrons. The smallest absolute Gasteiger partial charge is 0.226 e. The summed E-state index contributed by atoms with van der Waals surface area (Å²) < 4.78 is 5.33. The molecule has 2 N–H and O–H groups in total. The van der Waals surface area contributed by atoms with Gasteiger partial charge >= 0.3 is 0 Å². The van der Waals surface area contributed by atoms with Crippen LogP contribution in [0.2, 0.25) is 0 Å². The molecule has 17 heavy (non-hydrogen) atoms. The van der Waals surface area contributed by atoms with Crippen molar-refractivity contribution < 1.29 is 4.74 Å². The lowest BCUT2D eigenvalue weighted by atomic mass is 10.5. The van der Waals surface area contributed by atoms with Gasteiger partial charge in [0.2, 0.25) is 5.95 Å². The fourth-order valence-corrected chi connectivity index (χ4v) is 1.27. The van der Waals surface area contributed by atoms with Gasteiger partial charge in [0.25, 0.3) is 0 Å². The minimum absolute atomic E-state index is 0.558. The third-order valence-corrected chi connectivity index (χ3v) is 2.25. The van der Waals surface area contributed by atoms with Crippen molar-refractivity contribution in [2.75, 3.05) is 57.2 Å². The van der Waals surface area contributed by atoms with E-state index >= 15 is 0 Å². The Bertz CT molecular complexity index is 331. The summed E-state index contributed by atoms with van der Waals surface area (Å²) in [5.41, 5.74) is 5.34. The maximum Gasteiger partial charge on any atom is 0.226 e. The van der Waals surface area contributed by atoms with Crippen LogP contribution in [0.5, 0.6) is 0 Å². The predicted molar refractivity (Wildman–Crippen MR) is 69.5 cm³/mol. The van der Waals surface area contributed by atoms with E-state index in [1.807, 2.05) is 37.0 Å². The second-order valence-corrected chi connectivity index (χ2v) is 3.93. The van der Waals surface area contributed by atoms with Crippen LogP contribution in [0.3, 0.4) is 0 Å². The molecule has 0 saturated heterocycles. The highest BCUT2D eigenvalue weighted by Gasteiger charge is 2.05. The van der Waals surface area contributed by atoms with Gasteiger partial charge in [-0.1, -0.05) is 0 Å². The topological polar surface area (TPSA) is 67.5 Å². The van der Waals surface area contributed by atoms with Gasteiger partial charge in [-0.25, -0.2) is 4.98 Å². The molecule has 1 rings (SSSR count). The molecule has 6 nitrogen and oxygen atoms in total. The fourth-order valence-electron chi connectivity index (χ4n) is 1.27. The number of rotatable bonds is 7. The Morgan fingerprint density at radius 2 is 2.06 bits per heavy atom. The van der Waals surface area contributed by atoms with Crippen LogP contribution < -0.4 is 15.5 Å². The van der Waals surface area contributed by atoms with Crippen LogP contribution in [0.1, 0.15) is 0 Å². The van der Waals surface area contributed by atoms with E-state index in [1.165, 1.54) is 0 Å². The molecule has 0 atom stereocenters. The molecular weight excluding hydrogens is 218 g/mol. The van der Waals surface area contributed by atoms with Crippen molar-refractivity contribution >= 4 is 11.8 Å². The molecule has 0 fully saturated rings. The summed E-state index contributed by atoms with van der Waals surface area (Å²) in [4.78, 5) is 12.5. The monoisotopic (exact) mass is 239 g/mol. The molecular formula is C11H21N5O. The largest absolute Gasteiger partial charge is 0.378 e. The highest BCUT2D eigenvalue weighted by molar-refractivity contribution is 5.42. The lowest BCUT2D eigenvalue weighted by Crippen LogP contribution is -2.25. The zero-order valence-electron chi connectivity index (χ0n) is 10.8. The second kappa shape index (κ2) is 7.03. The molecule has 1 aromatic heterocycles. The van der Waals surface area contributed by atoms with Crippen molar-refractivity contribution in [2.24, 2.45) is 5.73 Å². The lowest BCUT2D eigenvalue weighted by Gasteiger charge is -2.19. The van der Waals surface area contributed by atoms with E-state index in [9.17, 15) is 0 Å². The number of hydrogen-bond acceptors (Lipinski definition) is 6. The minimum Gasteiger partial charge on any atom is -0.378 e. The summed E-state index contributed by atoms with van der Waals surface area (Å²) in [5.74, 6) is 1.59. The average Bonchev–Trinajstić information content (AvgIpc) is 2.34. The van der Waals surface area contributed by atoms with Gasteiger partial charge < -0.3 is 20.3 Å². The third-order valence-electron chi connectivity index (χ3n) is 2.25. The quantitative estimate of drug-likeness (QED) is 0.673. The second-order valence-electron chi connectivity index (χ2n) is 3.93. The van der Waals surface area contributed by atoms with E-state index in [0.717, 1.165) is 12.4 Å². The van der Waals surface area contributed by atoms with E-state index in [1.54, 1.807) is 6.20 Å². The number of hydrogen-bond donors (Lipinski definition) is 1. The van der Waals surface area contributed by atoms with Crippen molar-refractivity contribution in [1.82, 2.24) is 9.97 Å². The number of likely N-dealkylation sites (N-methyl/N-ethyl adjacent to an activating group) is 1. The van der Waals surface area contributed by atoms with Gasteiger partial charge in [0.1, 0.15) is 5.82 Å². The normalized spacial score (nSPS) is 10.4. The Balaban J connectivity index is 2.50. The van der Waals surface area contributed by atoms with Gasteiger partial charge in [0.15, 0.2) is 0 Å². The summed E-state index contributed by atoms with van der Waals surface area (Å²) in [5, 5.41) is 0. The molecule has 0 radical (unpaired) electrons. The first-order valence-electron chi connectivity index (χ1n) is 5.64. The Morgan fingerprint density at radius 1 is 1.29 bits per heavy atom. The molecule has 1 heterocycles. The Labute approximate surface area is 102 Å². The highest BCUT2D eigenvalue weighted by atomic mass is 16.5. The number of nitrogens with zero attached hydrogens (tertiary/aromatic N) is 4. The summed E-state index contributed by atoms with van der Waals surface area (Å²) in [7, 11) is 5.82. The first-order chi connectivity index (χ1) is 8.15. The van der Waals surface area contributed by atoms with Crippen LogP contribution in [0.15, 0.2) is 12.3 Å². The summed E-state index contributed by atoms with van der Waals surface area (Å²) in [6.07, 6.45) is 1.76. The third kappa shape index (κ3) is 4.54. The van der Waals surface area contributed by atoms with Crippen molar-refractivity contribution in [1.29, 1.82) is 0 Å². The summed E-state index contributed by atoms with van der Waals surface area (Å²) in [6.45, 7) is 2.58. The van der Waals surface area contributed by atoms with E-state index in [-0.39, 0.29) is 0 Å². The highest BCUT2D eigenvalue weighted by Crippen LogP contribution is 2.11. The molecule has 0 aliphatic rings. The molecule has 6 heteroatoms. The standard InChI is InChI=1S/C11H21N5O/c1-15(2)11-13-6-4-10(14-11)16(3)7-9-17-8-5-12/h4,6H,5,7-9,12H2,1-3H3. The van der Waals surface area contributed by atoms with Crippen molar-refractivity contribution in [3.63, 3.8) is 0 Å². The first-order valence-corrected chi connectivity index (χ1v) is 5.64. The van der Waals surface area contributed by atoms with Gasteiger partial charge in [0.05, 0.1) is 13.2 Å². The van der Waals surface area contributed by atoms with Gasteiger partial charge in [-0.05, 0) is 6.07 Å². The van der Waals surface area contributed by atoms with Crippen LogP contribution in [-0.2, 0) is 4.74 Å². The minimum atomic E-state index is 0.558. The molecule has 1 aromatic rings. The maximum absolute atomic E-state index is 5.34. The van der Waals surface area contributed by atoms with Gasteiger partial charge in [-0.15, -0.1) is 0 Å². The van der Waals surface area contributed by atoms with Crippen molar-refractivity contribution in [3.05, 3.63) is 12.3 Å². The number of anilines is 2. The van der Waals surface area contributed by atoms with Gasteiger partial charge in [-0.2, -0.15) is 4.98 Å². The molecule has 0 aliphatic carbocycles. The molecule has 0 aromatic carbocycles. The lowest BCUT2D eigenvalue weighted by molar-refractivity contribution is 0.148. The first kappa shape index (κ1) is 13.7. The molecule has 0 amide bonds. The van der Waals surface area contributed by atoms with Crippen LogP contribution in [0.25, 0.3) is 0 Å². The molecule has 0 aliphatic heterocycles. The maximum atomic E-state index is 5.34. The van der Waals surface area contributed by atoms with E-state index in [4.69, 9.17) is 10.5 Å². The molecule has 0 unspecified atom stereocenters. The molecule has 0 bridgehead atoms. The Kier molecular flexibility index (Phi) is 5.65. The zero-order chi connectivity index (χ0) is 12.7. The van der Waals surface area contributed by atoms with E-state index in [2.05, 4.69) is 9.97 Å². The molecule has 0 saturated carbocycles. The number of nitrogens with two attached hydrogens (primary N) is 1. The predicted octanol–water partition coefficient (Wildman–Crippen LogP) is -0.0459. The van der Waals surface area contributed by atoms with Crippen LogP contribution in [-0.4, -0.2) is 57.4 Å². The van der Waals surface area contributed by atoms with E-state index < -0.39 is 0 Å². The summed E-state index contributed by atoms with van der Waals surface area (Å²) >= 11 is 0. The zero-order valence-corrected chi connectivity index (χ0v) is 10.8.